The number of nitrogens with one attached hydrogen (secondary N) is 1. The number of alkyl halides is 6. The van der Waals surface area contributed by atoms with Crippen molar-refractivity contribution >= 4 is 11.7 Å². The van der Waals surface area contributed by atoms with E-state index in [-0.39, 0.29) is 6.92 Å². The maximum Gasteiger partial charge on any atom is 0.411 e. The topological polar surface area (TPSA) is 42.0 Å². The Kier molecular flexibility index (Phi) is 3.78. The van der Waals surface area contributed by atoms with Crippen molar-refractivity contribution in [3.63, 3.8) is 0 Å². The van der Waals surface area contributed by atoms with Crippen molar-refractivity contribution in [2.45, 2.75) is 19.3 Å². The van der Waals surface area contributed by atoms with Crippen molar-refractivity contribution < 1.29 is 31.1 Å². The number of carbonyl (C=O) groups excluding carboxylic acids is 1. The molecule has 0 aliphatic heterocycles. The molecule has 0 fully saturated rings. The van der Waals surface area contributed by atoms with Gasteiger partial charge in [-0.1, -0.05) is 6.07 Å². The molecule has 0 unspecified atom stereocenters. The Balaban J connectivity index is 3.11. The van der Waals surface area contributed by atoms with Crippen molar-refractivity contribution in [2.75, 3.05) is 5.32 Å². The third-order valence-electron chi connectivity index (χ3n) is 2.49. The van der Waals surface area contributed by atoms with Crippen LogP contribution < -0.4 is 5.32 Å². The van der Waals surface area contributed by atoms with E-state index in [0.29, 0.717) is 0 Å². The summed E-state index contributed by atoms with van der Waals surface area (Å²) in [4.78, 5) is 14.8. The number of halogens is 6. The number of nitrogens with zero attached hydrogens (tertiary/aromatic N) is 1. The zero-order valence-corrected chi connectivity index (χ0v) is 9.43. The van der Waals surface area contributed by atoms with E-state index in [2.05, 4.69) is 4.98 Å². The first-order valence-electron chi connectivity index (χ1n) is 4.86. The highest BCUT2D eigenvalue weighted by molar-refractivity contribution is 5.95. The Labute approximate surface area is 103 Å². The molecule has 0 aliphatic carbocycles. The van der Waals surface area contributed by atoms with Gasteiger partial charge in [0.2, 0.25) is 11.3 Å². The van der Waals surface area contributed by atoms with Gasteiger partial charge in [-0.15, -0.1) is 0 Å². The smallest absolute Gasteiger partial charge is 0.310 e. The second-order valence-corrected chi connectivity index (χ2v) is 3.79. The fraction of sp³-hybridized carbons (Fsp3) is 0.400. The average Bonchev–Trinajstić information content (AvgIpc) is 2.26. The summed E-state index contributed by atoms with van der Waals surface area (Å²) >= 11 is 0. The molecule has 9 heteroatoms. The quantitative estimate of drug-likeness (QED) is 0.849. The van der Waals surface area contributed by atoms with Crippen molar-refractivity contribution in [3.05, 3.63) is 24.4 Å². The fourth-order valence-corrected chi connectivity index (χ4v) is 1.10. The summed E-state index contributed by atoms with van der Waals surface area (Å²) in [5.74, 6) is -2.63. The van der Waals surface area contributed by atoms with Gasteiger partial charge < -0.3 is 5.32 Å². The highest BCUT2D eigenvalue weighted by Gasteiger charge is 2.72. The lowest BCUT2D eigenvalue weighted by Crippen LogP contribution is -2.55. The van der Waals surface area contributed by atoms with Gasteiger partial charge in [-0.3, -0.25) is 4.79 Å². The third-order valence-corrected chi connectivity index (χ3v) is 2.49. The molecule has 1 N–H and O–H groups in total. The Morgan fingerprint density at radius 2 is 1.63 bits per heavy atom. The van der Waals surface area contributed by atoms with Crippen LogP contribution >= 0.6 is 0 Å². The van der Waals surface area contributed by atoms with Gasteiger partial charge >= 0.3 is 12.4 Å². The van der Waals surface area contributed by atoms with Gasteiger partial charge in [0.15, 0.2) is 0 Å². The highest BCUT2D eigenvalue weighted by atomic mass is 19.4. The Bertz CT molecular complexity index is 439. The lowest BCUT2D eigenvalue weighted by molar-refractivity contribution is -0.317. The first kappa shape index (κ1) is 15.3. The fourth-order valence-electron chi connectivity index (χ4n) is 1.10. The van der Waals surface area contributed by atoms with Gasteiger partial charge in [-0.25, -0.2) is 4.98 Å². The molecule has 0 bridgehead atoms. The largest absolute Gasteiger partial charge is 0.411 e. The minimum atomic E-state index is -5.77. The second kappa shape index (κ2) is 4.71. The number of pyridine rings is 1. The molecule has 1 aromatic heterocycles. The number of hydrogen-bond donors (Lipinski definition) is 1. The average molecular weight is 286 g/mol. The van der Waals surface area contributed by atoms with Crippen LogP contribution in [0.1, 0.15) is 6.92 Å². The van der Waals surface area contributed by atoms with Gasteiger partial charge in [0.1, 0.15) is 5.82 Å². The summed E-state index contributed by atoms with van der Waals surface area (Å²) in [6, 6.07) is 3.77. The predicted octanol–water partition coefficient (Wildman–Crippen LogP) is 3.15. The van der Waals surface area contributed by atoms with E-state index in [4.69, 9.17) is 0 Å². The van der Waals surface area contributed by atoms with Crippen LogP contribution in [0.5, 0.6) is 0 Å². The number of hydrogen-bond acceptors (Lipinski definition) is 2. The van der Waals surface area contributed by atoms with E-state index in [1.165, 1.54) is 17.4 Å². The van der Waals surface area contributed by atoms with Gasteiger partial charge in [-0.2, -0.15) is 26.3 Å². The van der Waals surface area contributed by atoms with E-state index < -0.39 is 29.5 Å². The molecule has 1 amide bonds. The van der Waals surface area contributed by atoms with Gasteiger partial charge in [0.05, 0.1) is 0 Å². The normalized spacial score (nSPS) is 13.2. The van der Waals surface area contributed by atoms with Gasteiger partial charge in [0, 0.05) is 6.20 Å². The summed E-state index contributed by atoms with van der Waals surface area (Å²) < 4.78 is 75.3. The van der Waals surface area contributed by atoms with Crippen LogP contribution in [0.25, 0.3) is 0 Å². The molecule has 1 rings (SSSR count). The molecular formula is C10H8F6N2O. The number of aromatic nitrogens is 1. The molecule has 3 nitrogen and oxygen atoms in total. The molecule has 0 saturated carbocycles. The monoisotopic (exact) mass is 286 g/mol. The predicted molar refractivity (Wildman–Crippen MR) is 53.1 cm³/mol. The van der Waals surface area contributed by atoms with E-state index >= 15 is 0 Å². The molecule has 0 radical (unpaired) electrons. The van der Waals surface area contributed by atoms with E-state index in [1.54, 1.807) is 0 Å². The summed E-state index contributed by atoms with van der Waals surface area (Å²) in [7, 11) is 0. The van der Waals surface area contributed by atoms with Crippen LogP contribution in [-0.2, 0) is 4.79 Å². The Morgan fingerprint density at radius 3 is 2.00 bits per heavy atom. The minimum Gasteiger partial charge on any atom is -0.310 e. The highest BCUT2D eigenvalue weighted by Crippen LogP contribution is 2.50. The lowest BCUT2D eigenvalue weighted by atomic mass is 9.87. The molecule has 19 heavy (non-hydrogen) atoms. The number of anilines is 1. The van der Waals surface area contributed by atoms with E-state index in [9.17, 15) is 31.1 Å². The third kappa shape index (κ3) is 2.79. The standard InChI is InChI=1S/C10H8F6N2O/c1-8(9(11,12)13,10(14,15)16)7(19)18-6-4-2-3-5-17-6/h2-5H,1H3,(H,17,18,19). The molecule has 1 aromatic rings. The molecule has 0 saturated heterocycles. The second-order valence-electron chi connectivity index (χ2n) is 3.79. The molecule has 0 aromatic carbocycles. The molecular weight excluding hydrogens is 278 g/mol. The molecule has 0 aliphatic rings. The number of amides is 1. The summed E-state index contributed by atoms with van der Waals surface area (Å²) in [5.41, 5.74) is -4.50. The number of carbonyl (C=O) groups is 1. The van der Waals surface area contributed by atoms with Crippen LogP contribution in [0.3, 0.4) is 0 Å². The maximum absolute atomic E-state index is 12.6. The summed E-state index contributed by atoms with van der Waals surface area (Å²) in [6.45, 7) is -0.217. The van der Waals surface area contributed by atoms with Crippen LogP contribution in [0.2, 0.25) is 0 Å². The molecule has 0 atom stereocenters. The zero-order chi connectivity index (χ0) is 14.9. The number of rotatable bonds is 2. The van der Waals surface area contributed by atoms with Crippen LogP contribution in [0.4, 0.5) is 32.2 Å². The first-order chi connectivity index (χ1) is 8.50. The summed E-state index contributed by atoms with van der Waals surface area (Å²) in [5, 5.41) is 1.51. The Hall–Kier alpha value is -1.80. The van der Waals surface area contributed by atoms with Gasteiger partial charge in [-0.05, 0) is 19.1 Å². The molecule has 1 heterocycles. The summed E-state index contributed by atoms with van der Waals surface area (Å²) in [6.07, 6.45) is -10.4. The van der Waals surface area contributed by atoms with E-state index in [0.717, 1.165) is 12.3 Å². The lowest BCUT2D eigenvalue weighted by Gasteiger charge is -2.32. The Morgan fingerprint density at radius 1 is 1.11 bits per heavy atom. The zero-order valence-electron chi connectivity index (χ0n) is 9.43. The molecule has 106 valence electrons. The van der Waals surface area contributed by atoms with Crippen molar-refractivity contribution in [1.82, 2.24) is 4.98 Å². The van der Waals surface area contributed by atoms with Crippen molar-refractivity contribution in [2.24, 2.45) is 5.41 Å². The van der Waals surface area contributed by atoms with Crippen LogP contribution in [-0.4, -0.2) is 23.2 Å². The SMILES string of the molecule is CC(C(=O)Nc1ccccn1)(C(F)(F)F)C(F)(F)F. The van der Waals surface area contributed by atoms with Gasteiger partial charge in [0.25, 0.3) is 0 Å². The maximum atomic E-state index is 12.6. The van der Waals surface area contributed by atoms with Crippen LogP contribution in [0, 0.1) is 5.41 Å². The van der Waals surface area contributed by atoms with Crippen molar-refractivity contribution in [1.29, 1.82) is 0 Å². The van der Waals surface area contributed by atoms with Crippen LogP contribution in [0.15, 0.2) is 24.4 Å². The van der Waals surface area contributed by atoms with E-state index in [1.807, 2.05) is 0 Å². The minimum absolute atomic E-state index is 0.217. The molecule has 0 spiro atoms. The van der Waals surface area contributed by atoms with Crippen molar-refractivity contribution in [3.8, 4) is 0 Å². The first-order valence-corrected chi connectivity index (χ1v) is 4.86.